The van der Waals surface area contributed by atoms with Crippen molar-refractivity contribution in [2.24, 2.45) is 0 Å². The largest absolute Gasteiger partial charge is 0.374 e. The highest BCUT2D eigenvalue weighted by Gasteiger charge is 2.16. The predicted octanol–water partition coefficient (Wildman–Crippen LogP) is 2.10. The summed E-state index contributed by atoms with van der Waals surface area (Å²) in [6.07, 6.45) is 2.93. The third kappa shape index (κ3) is 4.44. The Morgan fingerprint density at radius 1 is 1.41 bits per heavy atom. The van der Waals surface area contributed by atoms with Crippen LogP contribution in [0.2, 0.25) is 0 Å². The van der Waals surface area contributed by atoms with E-state index in [0.717, 1.165) is 25.8 Å². The molecule has 2 unspecified atom stereocenters. The first kappa shape index (κ1) is 14.1. The van der Waals surface area contributed by atoms with Gasteiger partial charge in [0.15, 0.2) is 5.82 Å². The molecular weight excluding hydrogens is 218 g/mol. The molecule has 1 aromatic rings. The van der Waals surface area contributed by atoms with E-state index >= 15 is 0 Å². The molecule has 0 saturated carbocycles. The molecule has 98 valence electrons. The Morgan fingerprint density at radius 2 is 2.18 bits per heavy atom. The average Bonchev–Trinajstić information content (AvgIpc) is 2.77. The number of methoxy groups -OCH3 is 1. The minimum absolute atomic E-state index is 0.115. The molecule has 1 rings (SSSR count). The molecule has 1 heterocycles. The first-order valence-electron chi connectivity index (χ1n) is 6.29. The minimum Gasteiger partial charge on any atom is -0.374 e. The highest BCUT2D eigenvalue weighted by Crippen LogP contribution is 2.13. The van der Waals surface area contributed by atoms with Gasteiger partial charge in [-0.1, -0.05) is 25.4 Å². The summed E-state index contributed by atoms with van der Waals surface area (Å²) in [6.45, 7) is 7.15. The number of ether oxygens (including phenoxy) is 1. The van der Waals surface area contributed by atoms with E-state index in [-0.39, 0.29) is 6.10 Å². The molecule has 0 aromatic carbocycles. The third-order valence-electron chi connectivity index (χ3n) is 2.75. The summed E-state index contributed by atoms with van der Waals surface area (Å²) < 4.78 is 10.4. The number of rotatable bonds is 8. The van der Waals surface area contributed by atoms with Gasteiger partial charge < -0.3 is 14.6 Å². The van der Waals surface area contributed by atoms with E-state index in [1.807, 2.05) is 6.92 Å². The van der Waals surface area contributed by atoms with E-state index in [0.29, 0.717) is 17.8 Å². The molecule has 0 radical (unpaired) electrons. The van der Waals surface area contributed by atoms with Crippen molar-refractivity contribution in [1.82, 2.24) is 15.5 Å². The van der Waals surface area contributed by atoms with E-state index in [1.54, 1.807) is 7.11 Å². The summed E-state index contributed by atoms with van der Waals surface area (Å²) in [6, 6.07) is 0.413. The quantitative estimate of drug-likeness (QED) is 0.755. The van der Waals surface area contributed by atoms with Crippen LogP contribution in [0.15, 0.2) is 4.52 Å². The van der Waals surface area contributed by atoms with Crippen LogP contribution >= 0.6 is 0 Å². The second-order valence-electron chi connectivity index (χ2n) is 4.17. The molecule has 17 heavy (non-hydrogen) atoms. The third-order valence-corrected chi connectivity index (χ3v) is 2.75. The van der Waals surface area contributed by atoms with Gasteiger partial charge in [-0.2, -0.15) is 4.98 Å². The Morgan fingerprint density at radius 3 is 2.76 bits per heavy atom. The predicted molar refractivity (Wildman–Crippen MR) is 65.8 cm³/mol. The van der Waals surface area contributed by atoms with Crippen LogP contribution in [-0.2, 0) is 11.2 Å². The van der Waals surface area contributed by atoms with Gasteiger partial charge in [-0.15, -0.1) is 0 Å². The molecule has 1 N–H and O–H groups in total. The van der Waals surface area contributed by atoms with Crippen molar-refractivity contribution in [3.8, 4) is 0 Å². The van der Waals surface area contributed by atoms with Crippen LogP contribution < -0.4 is 5.32 Å². The highest BCUT2D eigenvalue weighted by atomic mass is 16.5. The van der Waals surface area contributed by atoms with E-state index in [4.69, 9.17) is 9.26 Å². The normalized spacial score (nSPS) is 14.8. The summed E-state index contributed by atoms with van der Waals surface area (Å²) in [4.78, 5) is 4.34. The van der Waals surface area contributed by atoms with Gasteiger partial charge in [0.1, 0.15) is 6.10 Å². The first-order chi connectivity index (χ1) is 8.21. The van der Waals surface area contributed by atoms with Gasteiger partial charge in [0.05, 0.1) is 0 Å². The lowest BCUT2D eigenvalue weighted by molar-refractivity contribution is 0.109. The second kappa shape index (κ2) is 7.40. The minimum atomic E-state index is -0.115. The van der Waals surface area contributed by atoms with Gasteiger partial charge in [0.25, 0.3) is 0 Å². The molecular formula is C12H23N3O2. The molecule has 5 nitrogen and oxygen atoms in total. The van der Waals surface area contributed by atoms with Crippen molar-refractivity contribution in [2.45, 2.75) is 52.2 Å². The van der Waals surface area contributed by atoms with E-state index in [1.165, 1.54) is 0 Å². The maximum absolute atomic E-state index is 5.23. The van der Waals surface area contributed by atoms with Crippen LogP contribution in [0.5, 0.6) is 0 Å². The van der Waals surface area contributed by atoms with Crippen LogP contribution in [-0.4, -0.2) is 29.8 Å². The van der Waals surface area contributed by atoms with Gasteiger partial charge >= 0.3 is 0 Å². The van der Waals surface area contributed by atoms with Crippen molar-refractivity contribution in [3.63, 3.8) is 0 Å². The number of nitrogens with one attached hydrogen (secondary N) is 1. The van der Waals surface area contributed by atoms with Crippen molar-refractivity contribution in [1.29, 1.82) is 0 Å². The standard InChI is InChI=1S/C12H23N3O2/c1-5-7-10(13-6-2)8-11-14-12(15-17-11)9(3)16-4/h9-10,13H,5-8H2,1-4H3. The fourth-order valence-corrected chi connectivity index (χ4v) is 1.75. The fourth-order valence-electron chi connectivity index (χ4n) is 1.75. The van der Waals surface area contributed by atoms with Crippen LogP contribution in [0.3, 0.4) is 0 Å². The maximum atomic E-state index is 5.23. The lowest BCUT2D eigenvalue weighted by atomic mass is 10.1. The van der Waals surface area contributed by atoms with E-state index in [9.17, 15) is 0 Å². The first-order valence-corrected chi connectivity index (χ1v) is 6.29. The lowest BCUT2D eigenvalue weighted by Crippen LogP contribution is -2.30. The van der Waals surface area contributed by atoms with E-state index < -0.39 is 0 Å². The Hall–Kier alpha value is -0.940. The van der Waals surface area contributed by atoms with Crippen LogP contribution in [0.1, 0.15) is 51.4 Å². The number of nitrogens with zero attached hydrogens (tertiary/aromatic N) is 2. The van der Waals surface area contributed by atoms with Crippen LogP contribution in [0.25, 0.3) is 0 Å². The molecule has 1 aromatic heterocycles. The highest BCUT2D eigenvalue weighted by molar-refractivity contribution is 4.92. The molecule has 0 aliphatic rings. The molecule has 5 heteroatoms. The number of hydrogen-bond donors (Lipinski definition) is 1. The zero-order valence-electron chi connectivity index (χ0n) is 11.2. The Labute approximate surface area is 103 Å². The Bertz CT molecular complexity index is 308. The average molecular weight is 241 g/mol. The van der Waals surface area contributed by atoms with E-state index in [2.05, 4.69) is 29.3 Å². The summed E-state index contributed by atoms with van der Waals surface area (Å²) in [5.74, 6) is 1.30. The van der Waals surface area contributed by atoms with Gasteiger partial charge in [-0.05, 0) is 19.9 Å². The molecule has 0 aliphatic heterocycles. The molecule has 0 saturated heterocycles. The van der Waals surface area contributed by atoms with Gasteiger partial charge in [0, 0.05) is 19.6 Å². The van der Waals surface area contributed by atoms with Crippen LogP contribution in [0.4, 0.5) is 0 Å². The number of likely N-dealkylation sites (N-methyl/N-ethyl adjacent to an activating group) is 1. The lowest BCUT2D eigenvalue weighted by Gasteiger charge is -2.14. The fraction of sp³-hybridized carbons (Fsp3) is 0.833. The Balaban J connectivity index is 2.56. The molecule has 0 spiro atoms. The SMILES string of the molecule is CCCC(Cc1nc(C(C)OC)no1)NCC. The number of aromatic nitrogens is 2. The van der Waals surface area contributed by atoms with Crippen LogP contribution in [0, 0.1) is 0 Å². The molecule has 2 atom stereocenters. The zero-order chi connectivity index (χ0) is 12.7. The van der Waals surface area contributed by atoms with Crippen molar-refractivity contribution < 1.29 is 9.26 Å². The molecule has 0 fully saturated rings. The topological polar surface area (TPSA) is 60.2 Å². The number of hydrogen-bond acceptors (Lipinski definition) is 5. The molecule has 0 aliphatic carbocycles. The van der Waals surface area contributed by atoms with Gasteiger partial charge in [-0.25, -0.2) is 0 Å². The van der Waals surface area contributed by atoms with Gasteiger partial charge in [0.2, 0.25) is 5.89 Å². The second-order valence-corrected chi connectivity index (χ2v) is 4.17. The van der Waals surface area contributed by atoms with Gasteiger partial charge in [-0.3, -0.25) is 0 Å². The maximum Gasteiger partial charge on any atom is 0.228 e. The molecule has 0 amide bonds. The van der Waals surface area contributed by atoms with Crippen molar-refractivity contribution in [3.05, 3.63) is 11.7 Å². The van der Waals surface area contributed by atoms with Crippen molar-refractivity contribution in [2.75, 3.05) is 13.7 Å². The smallest absolute Gasteiger partial charge is 0.228 e. The molecule has 0 bridgehead atoms. The zero-order valence-corrected chi connectivity index (χ0v) is 11.2. The van der Waals surface area contributed by atoms with Crippen molar-refractivity contribution >= 4 is 0 Å². The summed E-state index contributed by atoms with van der Waals surface area (Å²) >= 11 is 0. The summed E-state index contributed by atoms with van der Waals surface area (Å²) in [5.41, 5.74) is 0. The summed E-state index contributed by atoms with van der Waals surface area (Å²) in [5, 5.41) is 7.35. The summed E-state index contributed by atoms with van der Waals surface area (Å²) in [7, 11) is 1.64. The monoisotopic (exact) mass is 241 g/mol. The Kier molecular flexibility index (Phi) is 6.15.